The van der Waals surface area contributed by atoms with E-state index in [0.717, 1.165) is 38.0 Å². The molecule has 1 aromatic rings. The van der Waals surface area contributed by atoms with Crippen LogP contribution in [0.1, 0.15) is 31.2 Å². The highest BCUT2D eigenvalue weighted by molar-refractivity contribution is 5.85. The minimum absolute atomic E-state index is 0. The average Bonchev–Trinajstić information content (AvgIpc) is 2.53. The van der Waals surface area contributed by atoms with Crippen LogP contribution < -0.4 is 5.32 Å². The van der Waals surface area contributed by atoms with E-state index in [9.17, 15) is 8.78 Å². The highest BCUT2D eigenvalue weighted by Crippen LogP contribution is 2.31. The van der Waals surface area contributed by atoms with Crippen LogP contribution in [0.3, 0.4) is 0 Å². The topological polar surface area (TPSA) is 15.3 Å². The number of hydrogen-bond donors (Lipinski definition) is 1. The molecule has 0 unspecified atom stereocenters. The lowest BCUT2D eigenvalue weighted by molar-refractivity contribution is 0.125. The number of nitrogens with one attached hydrogen (secondary N) is 1. The van der Waals surface area contributed by atoms with E-state index in [1.165, 1.54) is 43.9 Å². The first kappa shape index (κ1) is 20.6. The summed E-state index contributed by atoms with van der Waals surface area (Å²) in [6.07, 6.45) is 4.98. The molecule has 2 saturated heterocycles. The minimum Gasteiger partial charge on any atom is -0.317 e. The van der Waals surface area contributed by atoms with E-state index in [2.05, 4.69) is 10.2 Å². The monoisotopic (exact) mass is 366 g/mol. The number of hydrogen-bond acceptors (Lipinski definition) is 2. The second-order valence-corrected chi connectivity index (χ2v) is 6.44. The molecule has 0 bridgehead atoms. The zero-order valence-corrected chi connectivity index (χ0v) is 14.9. The van der Waals surface area contributed by atoms with Gasteiger partial charge in [-0.05, 0) is 81.9 Å². The number of halogens is 4. The van der Waals surface area contributed by atoms with Gasteiger partial charge in [0.15, 0.2) is 0 Å². The Kier molecular flexibility index (Phi) is 8.76. The van der Waals surface area contributed by atoms with Gasteiger partial charge in [0.25, 0.3) is 0 Å². The van der Waals surface area contributed by atoms with Crippen molar-refractivity contribution in [2.75, 3.05) is 26.2 Å². The zero-order chi connectivity index (χ0) is 14.7. The molecule has 2 fully saturated rings. The first-order valence-electron chi connectivity index (χ1n) is 8.09. The Morgan fingerprint density at radius 3 is 2.22 bits per heavy atom. The van der Waals surface area contributed by atoms with Crippen LogP contribution in [0.15, 0.2) is 18.2 Å². The average molecular weight is 367 g/mol. The second-order valence-electron chi connectivity index (χ2n) is 6.44. The van der Waals surface area contributed by atoms with E-state index in [1.54, 1.807) is 0 Å². The Morgan fingerprint density at radius 2 is 1.57 bits per heavy atom. The van der Waals surface area contributed by atoms with Gasteiger partial charge in [0.1, 0.15) is 11.6 Å². The van der Waals surface area contributed by atoms with Crippen LogP contribution in [-0.2, 0) is 6.54 Å². The molecule has 23 heavy (non-hydrogen) atoms. The predicted molar refractivity (Wildman–Crippen MR) is 94.4 cm³/mol. The third-order valence-electron chi connectivity index (χ3n) is 5.08. The van der Waals surface area contributed by atoms with Gasteiger partial charge in [-0.1, -0.05) is 0 Å². The summed E-state index contributed by atoms with van der Waals surface area (Å²) in [5, 5.41) is 3.42. The molecule has 0 amide bonds. The summed E-state index contributed by atoms with van der Waals surface area (Å²) >= 11 is 0. The number of piperidine rings is 2. The molecule has 0 atom stereocenters. The summed E-state index contributed by atoms with van der Waals surface area (Å²) in [7, 11) is 0. The lowest BCUT2D eigenvalue weighted by Crippen LogP contribution is -2.39. The van der Waals surface area contributed by atoms with Gasteiger partial charge in [-0.3, -0.25) is 4.90 Å². The lowest BCUT2D eigenvalue weighted by Gasteiger charge is -2.37. The maximum atomic E-state index is 13.7. The quantitative estimate of drug-likeness (QED) is 0.868. The number of rotatable bonds is 3. The molecule has 0 radical (unpaired) electrons. The van der Waals surface area contributed by atoms with E-state index >= 15 is 0 Å². The molecule has 132 valence electrons. The molecule has 0 saturated carbocycles. The summed E-state index contributed by atoms with van der Waals surface area (Å²) in [5.74, 6) is 1.04. The smallest absolute Gasteiger partial charge is 0.127 e. The van der Waals surface area contributed by atoms with Gasteiger partial charge < -0.3 is 5.32 Å². The summed E-state index contributed by atoms with van der Waals surface area (Å²) in [6.45, 7) is 4.84. The van der Waals surface area contributed by atoms with Crippen molar-refractivity contribution in [2.45, 2.75) is 32.2 Å². The normalized spacial score (nSPS) is 20.6. The van der Waals surface area contributed by atoms with Crippen molar-refractivity contribution in [1.29, 1.82) is 0 Å². The Balaban J connectivity index is 0.00000132. The molecule has 0 spiro atoms. The summed E-state index contributed by atoms with van der Waals surface area (Å²) in [6, 6.07) is 3.74. The van der Waals surface area contributed by atoms with Crippen LogP contribution in [-0.4, -0.2) is 31.1 Å². The van der Waals surface area contributed by atoms with Gasteiger partial charge in [0.05, 0.1) is 0 Å². The Labute approximate surface area is 149 Å². The Hall–Kier alpha value is -0.420. The van der Waals surface area contributed by atoms with Crippen molar-refractivity contribution >= 4 is 24.8 Å². The SMILES string of the molecule is Cl.Cl.Fc1ccc(F)c(CN2CCC(C3CCNCC3)CC2)c1. The van der Waals surface area contributed by atoms with E-state index in [4.69, 9.17) is 0 Å². The molecule has 6 heteroatoms. The summed E-state index contributed by atoms with van der Waals surface area (Å²) in [5.41, 5.74) is 0.482. The van der Waals surface area contributed by atoms with Gasteiger partial charge >= 0.3 is 0 Å². The van der Waals surface area contributed by atoms with Crippen molar-refractivity contribution < 1.29 is 8.78 Å². The van der Waals surface area contributed by atoms with E-state index in [0.29, 0.717) is 12.1 Å². The van der Waals surface area contributed by atoms with Crippen molar-refractivity contribution in [3.05, 3.63) is 35.4 Å². The standard InChI is InChI=1S/C17H24F2N2.2ClH/c18-16-1-2-17(19)15(11-16)12-21-9-5-14(6-10-21)13-3-7-20-8-4-13;;/h1-2,11,13-14,20H,3-10,12H2;2*1H. The first-order chi connectivity index (χ1) is 10.2. The molecule has 2 aliphatic rings. The minimum atomic E-state index is -0.351. The van der Waals surface area contributed by atoms with E-state index in [-0.39, 0.29) is 36.4 Å². The molecular weight excluding hydrogens is 341 g/mol. The predicted octanol–water partition coefficient (Wildman–Crippen LogP) is 4.02. The number of likely N-dealkylation sites (tertiary alicyclic amines) is 1. The summed E-state index contributed by atoms with van der Waals surface area (Å²) in [4.78, 5) is 2.26. The molecule has 3 rings (SSSR count). The molecule has 2 nitrogen and oxygen atoms in total. The number of nitrogens with zero attached hydrogens (tertiary/aromatic N) is 1. The zero-order valence-electron chi connectivity index (χ0n) is 13.3. The molecule has 1 aromatic carbocycles. The second kappa shape index (κ2) is 9.77. The fraction of sp³-hybridized carbons (Fsp3) is 0.647. The number of benzene rings is 1. The van der Waals surface area contributed by atoms with Gasteiger partial charge in [0.2, 0.25) is 0 Å². The van der Waals surface area contributed by atoms with Crippen LogP contribution in [0.4, 0.5) is 8.78 Å². The molecule has 0 aliphatic carbocycles. The molecule has 2 heterocycles. The molecular formula is C17H26Cl2F2N2. The van der Waals surface area contributed by atoms with Crippen LogP contribution in [0.5, 0.6) is 0 Å². The maximum absolute atomic E-state index is 13.7. The third-order valence-corrected chi connectivity index (χ3v) is 5.08. The molecule has 1 N–H and O–H groups in total. The van der Waals surface area contributed by atoms with Crippen molar-refractivity contribution in [2.24, 2.45) is 11.8 Å². The van der Waals surface area contributed by atoms with Gasteiger partial charge in [-0.2, -0.15) is 0 Å². The highest BCUT2D eigenvalue weighted by atomic mass is 35.5. The van der Waals surface area contributed by atoms with Crippen LogP contribution in [0, 0.1) is 23.5 Å². The van der Waals surface area contributed by atoms with Crippen molar-refractivity contribution in [3.63, 3.8) is 0 Å². The molecule has 2 aliphatic heterocycles. The van der Waals surface area contributed by atoms with Crippen LogP contribution >= 0.6 is 24.8 Å². The fourth-order valence-electron chi connectivity index (χ4n) is 3.80. The van der Waals surface area contributed by atoms with Crippen molar-refractivity contribution in [1.82, 2.24) is 10.2 Å². The van der Waals surface area contributed by atoms with Gasteiger partial charge in [0, 0.05) is 12.1 Å². The highest BCUT2D eigenvalue weighted by Gasteiger charge is 2.27. The maximum Gasteiger partial charge on any atom is 0.127 e. The van der Waals surface area contributed by atoms with E-state index in [1.807, 2.05) is 0 Å². The first-order valence-corrected chi connectivity index (χ1v) is 8.09. The van der Waals surface area contributed by atoms with Crippen LogP contribution in [0.25, 0.3) is 0 Å². The fourth-order valence-corrected chi connectivity index (χ4v) is 3.80. The summed E-state index contributed by atoms with van der Waals surface area (Å²) < 4.78 is 26.9. The largest absolute Gasteiger partial charge is 0.317 e. The Morgan fingerprint density at radius 1 is 0.957 bits per heavy atom. The van der Waals surface area contributed by atoms with Crippen LogP contribution in [0.2, 0.25) is 0 Å². The lowest BCUT2D eigenvalue weighted by atomic mass is 9.79. The van der Waals surface area contributed by atoms with Gasteiger partial charge in [-0.15, -0.1) is 24.8 Å². The molecule has 0 aromatic heterocycles. The van der Waals surface area contributed by atoms with Crippen molar-refractivity contribution in [3.8, 4) is 0 Å². The van der Waals surface area contributed by atoms with Gasteiger partial charge in [-0.25, -0.2) is 8.78 Å². The van der Waals surface area contributed by atoms with E-state index < -0.39 is 0 Å². The third kappa shape index (κ3) is 5.56. The Bertz CT molecular complexity index is 474.